The molecule has 0 aromatic heterocycles. The van der Waals surface area contributed by atoms with Gasteiger partial charge in [0.1, 0.15) is 23.4 Å². The molecule has 0 spiro atoms. The lowest BCUT2D eigenvalue weighted by Crippen LogP contribution is -2.46. The van der Waals surface area contributed by atoms with Crippen molar-refractivity contribution < 1.29 is 58.9 Å². The Balaban J connectivity index is 1.71. The second-order valence-corrected chi connectivity index (χ2v) is 15.5. The quantitative estimate of drug-likeness (QED) is 0.102. The molecule has 6 rings (SSSR count). The lowest BCUT2D eigenvalue weighted by Gasteiger charge is -2.38. The topological polar surface area (TPSA) is 217 Å². The van der Waals surface area contributed by atoms with Gasteiger partial charge in [0.25, 0.3) is 11.7 Å². The molecule has 0 saturated carbocycles. The molecule has 0 aliphatic carbocycles. The van der Waals surface area contributed by atoms with Gasteiger partial charge in [-0.1, -0.05) is 45.9 Å². The Hall–Kier alpha value is -5.12. The Morgan fingerprint density at radius 2 is 1.63 bits per heavy atom. The van der Waals surface area contributed by atoms with Crippen LogP contribution in [-0.2, 0) is 23.8 Å². The minimum Gasteiger partial charge on any atom is -0.507 e. The molecule has 0 unspecified atom stereocenters. The van der Waals surface area contributed by atoms with Crippen LogP contribution in [0.25, 0.3) is 10.8 Å². The number of esters is 1. The van der Waals surface area contributed by atoms with Crippen molar-refractivity contribution in [2.24, 2.45) is 28.8 Å². The number of allylic oxidation sites excluding steroid dienone is 2. The molecule has 15 nitrogen and oxygen atoms in total. The molecule has 1 fully saturated rings. The lowest BCUT2D eigenvalue weighted by molar-refractivity contribution is -0.160. The third kappa shape index (κ3) is 8.32. The van der Waals surface area contributed by atoms with Crippen molar-refractivity contribution in [1.29, 1.82) is 0 Å². The number of nitrogens with zero attached hydrogens (tertiary/aromatic N) is 2. The Morgan fingerprint density at radius 1 is 0.965 bits per heavy atom. The molecule has 5 bridgehead atoms. The average molecular weight is 794 g/mol. The molecule has 4 aliphatic heterocycles. The van der Waals surface area contributed by atoms with Crippen molar-refractivity contribution in [3.05, 3.63) is 52.8 Å². The van der Waals surface area contributed by atoms with Crippen molar-refractivity contribution >= 4 is 40.3 Å². The average Bonchev–Trinajstić information content (AvgIpc) is 3.79. The predicted molar refractivity (Wildman–Crippen MR) is 212 cm³/mol. The number of fused-ring (bicyclic) bond motifs is 14. The number of anilines is 1. The number of phenolic OH excluding ortho intramolecular Hbond substituents is 3. The van der Waals surface area contributed by atoms with Crippen LogP contribution in [0.2, 0.25) is 0 Å². The van der Waals surface area contributed by atoms with E-state index in [0.717, 1.165) is 12.8 Å². The van der Waals surface area contributed by atoms with E-state index in [9.17, 15) is 39.9 Å². The predicted octanol–water partition coefficient (Wildman–Crippen LogP) is 5.18. The standard InChI is InChI=1S/C42H55N3O12/c1-20-13-12-14-21(2)41(53)44-32-27(19-43-45-16-10-11-17-45)36(50)29-30(37(32)51)35(49)25(6)39-31(29)40(52)42(8,57-39)55-18-15-28(54-9)22(3)38(56-26(7)46)24(5)34(48)23(4)33(20)47/h12-15,18-20,22-24,28,33-34,38,47-51H,10-11,16-17H2,1-9H3,(H,44,53)/b13-12+,18-15+,21-14-,43-19+/t20-,22+,23+,24+,28-,33-,34+,38+,42-/m0/s1. The number of nitrogens with one attached hydrogen (secondary N) is 1. The molecule has 57 heavy (non-hydrogen) atoms. The van der Waals surface area contributed by atoms with E-state index in [1.165, 1.54) is 59.4 Å². The van der Waals surface area contributed by atoms with Gasteiger partial charge in [-0.3, -0.25) is 19.4 Å². The molecular formula is C42H55N3O12. The molecule has 6 N–H and O–H groups in total. The van der Waals surface area contributed by atoms with Crippen LogP contribution in [0, 0.1) is 30.6 Å². The van der Waals surface area contributed by atoms with Gasteiger partial charge < -0.3 is 49.8 Å². The molecule has 310 valence electrons. The summed E-state index contributed by atoms with van der Waals surface area (Å²) >= 11 is 0. The van der Waals surface area contributed by atoms with Crippen LogP contribution < -0.4 is 10.1 Å². The molecule has 2 aromatic carbocycles. The number of methoxy groups -OCH3 is 1. The maximum absolute atomic E-state index is 14.4. The maximum atomic E-state index is 14.4. The number of benzene rings is 2. The van der Waals surface area contributed by atoms with Gasteiger partial charge in [0.2, 0.25) is 0 Å². The van der Waals surface area contributed by atoms with Crippen molar-refractivity contribution in [2.45, 2.75) is 98.4 Å². The third-order valence-corrected chi connectivity index (χ3v) is 11.5. The van der Waals surface area contributed by atoms with Crippen LogP contribution in [0.4, 0.5) is 5.69 Å². The second-order valence-electron chi connectivity index (χ2n) is 15.5. The molecule has 15 heteroatoms. The molecule has 1 saturated heterocycles. The van der Waals surface area contributed by atoms with Crippen LogP contribution in [0.1, 0.15) is 82.8 Å². The number of amides is 1. The van der Waals surface area contributed by atoms with Crippen molar-refractivity contribution in [2.75, 3.05) is 25.5 Å². The number of ether oxygens (including phenoxy) is 4. The summed E-state index contributed by atoms with van der Waals surface area (Å²) in [5.74, 6) is -8.28. The van der Waals surface area contributed by atoms with E-state index in [1.807, 2.05) is 0 Å². The van der Waals surface area contributed by atoms with Gasteiger partial charge in [-0.2, -0.15) is 5.10 Å². The summed E-state index contributed by atoms with van der Waals surface area (Å²) in [6, 6.07) is 0. The number of ketones is 1. The number of carbonyl (C=O) groups is 3. The second kappa shape index (κ2) is 17.2. The first-order valence-corrected chi connectivity index (χ1v) is 19.2. The number of phenols is 3. The van der Waals surface area contributed by atoms with Crippen LogP contribution in [-0.4, -0.2) is 105 Å². The maximum Gasteiger partial charge on any atom is 0.312 e. The third-order valence-electron chi connectivity index (χ3n) is 11.5. The SMILES string of the molecule is CO[C@H]1/C=C/O[C@@]2(C)Oc3c(C)c(O)c4c(O)c(c(/C=N/N5CCCC5)c(O)c4c3C2=O)NC(=O)/C(C)=C\C=C\[C@H](C)[C@H](O)[C@@H](C)[C@@H](O)[C@@H](C)[C@H](OC(C)=O)[C@@H]1C. The molecular weight excluding hydrogens is 738 g/mol. The Morgan fingerprint density at radius 3 is 2.26 bits per heavy atom. The monoisotopic (exact) mass is 793 g/mol. The molecule has 4 aliphatic rings. The molecule has 2 aromatic rings. The summed E-state index contributed by atoms with van der Waals surface area (Å²) in [4.78, 5) is 40.3. The summed E-state index contributed by atoms with van der Waals surface area (Å²) in [7, 11) is 1.44. The summed E-state index contributed by atoms with van der Waals surface area (Å²) < 4.78 is 23.5. The Bertz CT molecular complexity index is 2020. The highest BCUT2D eigenvalue weighted by Crippen LogP contribution is 2.55. The van der Waals surface area contributed by atoms with E-state index in [2.05, 4.69) is 10.4 Å². The van der Waals surface area contributed by atoms with Gasteiger partial charge in [0, 0.05) is 74.2 Å². The zero-order chi connectivity index (χ0) is 42.1. The van der Waals surface area contributed by atoms with Crippen LogP contribution >= 0.6 is 0 Å². The highest BCUT2D eigenvalue weighted by molar-refractivity contribution is 6.23. The minimum absolute atomic E-state index is 0.0602. The number of aliphatic hydroxyl groups is 2. The van der Waals surface area contributed by atoms with Gasteiger partial charge in [-0.25, -0.2) is 0 Å². The van der Waals surface area contributed by atoms with Gasteiger partial charge in [0.15, 0.2) is 5.75 Å². The lowest BCUT2D eigenvalue weighted by atomic mass is 9.78. The number of hydrazone groups is 1. The number of aliphatic hydroxyl groups excluding tert-OH is 2. The normalized spacial score (nSPS) is 32.2. The Kier molecular flexibility index (Phi) is 13.0. The van der Waals surface area contributed by atoms with E-state index in [-0.39, 0.29) is 44.5 Å². The first-order chi connectivity index (χ1) is 26.8. The molecule has 1 amide bonds. The van der Waals surface area contributed by atoms with Gasteiger partial charge in [-0.15, -0.1) is 0 Å². The minimum atomic E-state index is -2.03. The van der Waals surface area contributed by atoms with Gasteiger partial charge in [0.05, 0.1) is 53.0 Å². The number of Topliss-reactive ketones (excluding diaryl/α,β-unsaturated/α-hetero) is 1. The zero-order valence-corrected chi connectivity index (χ0v) is 33.9. The molecule has 4 heterocycles. The van der Waals surface area contributed by atoms with Gasteiger partial charge >= 0.3 is 11.8 Å². The zero-order valence-electron chi connectivity index (χ0n) is 33.9. The number of hydrogen-bond acceptors (Lipinski definition) is 14. The molecule has 0 radical (unpaired) electrons. The number of aromatic hydroxyl groups is 3. The number of hydrogen-bond donors (Lipinski definition) is 6. The Labute approximate surface area is 332 Å². The van der Waals surface area contributed by atoms with E-state index >= 15 is 0 Å². The van der Waals surface area contributed by atoms with Crippen LogP contribution in [0.3, 0.4) is 0 Å². The largest absolute Gasteiger partial charge is 0.507 e. The fourth-order valence-corrected chi connectivity index (χ4v) is 7.83. The van der Waals surface area contributed by atoms with Gasteiger partial charge in [-0.05, 0) is 32.8 Å². The first kappa shape index (κ1) is 43.0. The van der Waals surface area contributed by atoms with Crippen LogP contribution in [0.15, 0.2) is 41.2 Å². The summed E-state index contributed by atoms with van der Waals surface area (Å²) in [5, 5.41) is 66.5. The number of rotatable bonds is 4. The van der Waals surface area contributed by atoms with Crippen LogP contribution in [0.5, 0.6) is 23.0 Å². The smallest absolute Gasteiger partial charge is 0.312 e. The van der Waals surface area contributed by atoms with E-state index in [0.29, 0.717) is 13.1 Å². The van der Waals surface area contributed by atoms with E-state index in [4.69, 9.17) is 18.9 Å². The summed E-state index contributed by atoms with van der Waals surface area (Å²) in [6.07, 6.45) is 6.68. The fraction of sp³-hybridized carbons (Fsp3) is 0.524. The van der Waals surface area contributed by atoms with Crippen molar-refractivity contribution in [3.63, 3.8) is 0 Å². The van der Waals surface area contributed by atoms with Crippen molar-refractivity contribution in [3.8, 4) is 23.0 Å². The number of carbonyl (C=O) groups excluding carboxylic acids is 3. The molecule has 9 atom stereocenters. The van der Waals surface area contributed by atoms with E-state index in [1.54, 1.807) is 44.9 Å². The highest BCUT2D eigenvalue weighted by Gasteiger charge is 2.50. The fourth-order valence-electron chi connectivity index (χ4n) is 7.83. The van der Waals surface area contributed by atoms with Crippen molar-refractivity contribution in [1.82, 2.24) is 5.01 Å². The van der Waals surface area contributed by atoms with E-state index < -0.39 is 88.8 Å². The first-order valence-electron chi connectivity index (χ1n) is 19.2. The summed E-state index contributed by atoms with van der Waals surface area (Å²) in [6.45, 7) is 13.8. The highest BCUT2D eigenvalue weighted by atomic mass is 16.7. The summed E-state index contributed by atoms with van der Waals surface area (Å²) in [5.41, 5.74) is -0.313.